The van der Waals surface area contributed by atoms with Gasteiger partial charge in [-0.15, -0.1) is 0 Å². The minimum absolute atomic E-state index is 0.107. The lowest BCUT2D eigenvalue weighted by Gasteiger charge is -2.21. The van der Waals surface area contributed by atoms with E-state index < -0.39 is 6.10 Å². The number of nitriles is 1. The van der Waals surface area contributed by atoms with Crippen molar-refractivity contribution in [2.24, 2.45) is 0 Å². The Hall–Kier alpha value is -3.91. The summed E-state index contributed by atoms with van der Waals surface area (Å²) in [5, 5.41) is 19.7. The maximum absolute atomic E-state index is 10.2. The molecule has 3 aromatic rings. The van der Waals surface area contributed by atoms with Crippen LogP contribution in [0, 0.1) is 18.3 Å². The summed E-state index contributed by atoms with van der Waals surface area (Å²) in [4.78, 5) is 0. The monoisotopic (exact) mass is 413 g/mol. The van der Waals surface area contributed by atoms with Gasteiger partial charge in [0.05, 0.1) is 5.56 Å². The van der Waals surface area contributed by atoms with Crippen molar-refractivity contribution in [3.8, 4) is 23.3 Å². The molecular weight excluding hydrogens is 390 g/mol. The molecule has 0 saturated carbocycles. The summed E-state index contributed by atoms with van der Waals surface area (Å²) >= 11 is 0. The number of nitrogens with zero attached hydrogens (tertiary/aromatic N) is 1. The van der Waals surface area contributed by atoms with Gasteiger partial charge in [0.15, 0.2) is 17.6 Å². The number of ether oxygens (including phenoxy) is 3. The number of aryl methyl sites for hydroxylation is 3. The zero-order valence-corrected chi connectivity index (χ0v) is 17.3. The molecule has 3 aromatic carbocycles. The fourth-order valence-corrected chi connectivity index (χ4v) is 3.62. The average molecular weight is 413 g/mol. The Bertz CT molecular complexity index is 1160. The zero-order chi connectivity index (χ0) is 21.8. The smallest absolute Gasteiger partial charge is 0.231 e. The standard InChI is InChI=1S/C26H23NO4/c1-17-5-3-4-6-22(17)26(18(2)28)31-24-13-19(9-11-21(24)15-27)7-8-20-10-12-23-25(14-20)30-16-29-23/h3-6,9-14,26,28H,2,7-8,16H2,1H3/t26-/m1/s1. The van der Waals surface area contributed by atoms with Gasteiger partial charge in [-0.25, -0.2) is 0 Å². The highest BCUT2D eigenvalue weighted by Gasteiger charge is 2.20. The first-order valence-electron chi connectivity index (χ1n) is 10.1. The van der Waals surface area contributed by atoms with Gasteiger partial charge in [-0.05, 0) is 60.7 Å². The molecule has 0 spiro atoms. The normalized spacial score (nSPS) is 12.8. The van der Waals surface area contributed by atoms with Crippen LogP contribution in [0.4, 0.5) is 0 Å². The number of fused-ring (bicyclic) bond motifs is 1. The third-order valence-corrected chi connectivity index (χ3v) is 5.32. The Balaban J connectivity index is 1.55. The van der Waals surface area contributed by atoms with Crippen LogP contribution < -0.4 is 14.2 Å². The van der Waals surface area contributed by atoms with E-state index in [0.717, 1.165) is 46.6 Å². The van der Waals surface area contributed by atoms with Gasteiger partial charge >= 0.3 is 0 Å². The molecule has 0 unspecified atom stereocenters. The van der Waals surface area contributed by atoms with Crippen molar-refractivity contribution >= 4 is 0 Å². The maximum atomic E-state index is 10.2. The fraction of sp³-hybridized carbons (Fsp3) is 0.192. The van der Waals surface area contributed by atoms with Gasteiger partial charge in [-0.3, -0.25) is 0 Å². The zero-order valence-electron chi connectivity index (χ0n) is 17.3. The minimum atomic E-state index is -0.752. The van der Waals surface area contributed by atoms with Crippen molar-refractivity contribution in [2.45, 2.75) is 25.9 Å². The topological polar surface area (TPSA) is 71.7 Å². The second-order valence-corrected chi connectivity index (χ2v) is 7.48. The molecule has 0 aromatic heterocycles. The van der Waals surface area contributed by atoms with Gasteiger partial charge in [-0.1, -0.05) is 43.0 Å². The number of hydrogen-bond donors (Lipinski definition) is 1. The van der Waals surface area contributed by atoms with Crippen molar-refractivity contribution in [2.75, 3.05) is 6.79 Å². The van der Waals surface area contributed by atoms with Gasteiger partial charge in [0.1, 0.15) is 17.6 Å². The van der Waals surface area contributed by atoms with E-state index in [1.54, 1.807) is 6.07 Å². The summed E-state index contributed by atoms with van der Waals surface area (Å²) < 4.78 is 16.9. The summed E-state index contributed by atoms with van der Waals surface area (Å²) in [5.41, 5.74) is 4.35. The van der Waals surface area contributed by atoms with Crippen LogP contribution >= 0.6 is 0 Å². The second kappa shape index (κ2) is 8.85. The fourth-order valence-electron chi connectivity index (χ4n) is 3.62. The maximum Gasteiger partial charge on any atom is 0.231 e. The molecule has 0 saturated heterocycles. The quantitative estimate of drug-likeness (QED) is 0.513. The molecule has 1 aliphatic heterocycles. The van der Waals surface area contributed by atoms with Crippen LogP contribution in [0.15, 0.2) is 73.0 Å². The number of aliphatic hydroxyl groups is 1. The molecule has 5 heteroatoms. The van der Waals surface area contributed by atoms with Crippen molar-refractivity contribution in [3.05, 3.63) is 101 Å². The number of benzene rings is 3. The molecule has 0 bridgehead atoms. The molecule has 31 heavy (non-hydrogen) atoms. The summed E-state index contributed by atoms with van der Waals surface area (Å²) in [6.07, 6.45) is 0.810. The van der Waals surface area contributed by atoms with Crippen LogP contribution in [0.1, 0.15) is 33.9 Å². The van der Waals surface area contributed by atoms with Gasteiger partial charge < -0.3 is 19.3 Å². The van der Waals surface area contributed by atoms with E-state index in [9.17, 15) is 10.4 Å². The molecular formula is C26H23NO4. The molecule has 1 heterocycles. The molecule has 1 aliphatic rings. The third-order valence-electron chi connectivity index (χ3n) is 5.32. The van der Waals surface area contributed by atoms with Crippen molar-refractivity contribution in [1.29, 1.82) is 5.26 Å². The van der Waals surface area contributed by atoms with E-state index in [2.05, 4.69) is 12.6 Å². The molecule has 0 aliphatic carbocycles. The predicted octanol–water partition coefficient (Wildman–Crippen LogP) is 5.57. The van der Waals surface area contributed by atoms with E-state index in [1.807, 2.05) is 61.5 Å². The Kier molecular flexibility index (Phi) is 5.81. The highest BCUT2D eigenvalue weighted by atomic mass is 16.7. The second-order valence-electron chi connectivity index (χ2n) is 7.48. The first kappa shape index (κ1) is 20.4. The molecule has 1 atom stereocenters. The van der Waals surface area contributed by atoms with E-state index >= 15 is 0 Å². The lowest BCUT2D eigenvalue weighted by molar-refractivity contribution is 0.174. The number of rotatable bonds is 7. The molecule has 4 rings (SSSR count). The Morgan fingerprint density at radius 2 is 1.77 bits per heavy atom. The average Bonchev–Trinajstić information content (AvgIpc) is 3.24. The van der Waals surface area contributed by atoms with E-state index in [1.165, 1.54) is 0 Å². The first-order valence-corrected chi connectivity index (χ1v) is 10.1. The van der Waals surface area contributed by atoms with Crippen molar-refractivity contribution in [3.63, 3.8) is 0 Å². The molecule has 156 valence electrons. The Labute approximate surface area is 181 Å². The van der Waals surface area contributed by atoms with Crippen LogP contribution in [-0.2, 0) is 12.8 Å². The summed E-state index contributed by atoms with van der Waals surface area (Å²) in [7, 11) is 0. The summed E-state index contributed by atoms with van der Waals surface area (Å²) in [6, 6.07) is 21.3. The van der Waals surface area contributed by atoms with Gasteiger partial charge in [0.2, 0.25) is 6.79 Å². The molecule has 0 radical (unpaired) electrons. The van der Waals surface area contributed by atoms with Crippen molar-refractivity contribution in [1.82, 2.24) is 0 Å². The summed E-state index contributed by atoms with van der Waals surface area (Å²) in [5.74, 6) is 1.85. The molecule has 5 nitrogen and oxygen atoms in total. The minimum Gasteiger partial charge on any atom is -0.509 e. The molecule has 0 fully saturated rings. The lowest BCUT2D eigenvalue weighted by atomic mass is 10.0. The van der Waals surface area contributed by atoms with Crippen LogP contribution in [-0.4, -0.2) is 11.9 Å². The van der Waals surface area contributed by atoms with Crippen LogP contribution in [0.2, 0.25) is 0 Å². The van der Waals surface area contributed by atoms with Crippen LogP contribution in [0.3, 0.4) is 0 Å². The van der Waals surface area contributed by atoms with E-state index in [-0.39, 0.29) is 12.6 Å². The lowest BCUT2D eigenvalue weighted by Crippen LogP contribution is -2.12. The molecule has 1 N–H and O–H groups in total. The van der Waals surface area contributed by atoms with Crippen LogP contribution in [0.25, 0.3) is 0 Å². The highest BCUT2D eigenvalue weighted by molar-refractivity contribution is 5.47. The van der Waals surface area contributed by atoms with Crippen LogP contribution in [0.5, 0.6) is 17.2 Å². The highest BCUT2D eigenvalue weighted by Crippen LogP contribution is 2.34. The first-order chi connectivity index (χ1) is 15.0. The van der Waals surface area contributed by atoms with Gasteiger partial charge in [0, 0.05) is 5.56 Å². The summed E-state index contributed by atoms with van der Waals surface area (Å²) in [6.45, 7) is 5.88. The van der Waals surface area contributed by atoms with E-state index in [0.29, 0.717) is 11.3 Å². The SMILES string of the molecule is C=C(O)[C@@H](Oc1cc(CCc2ccc3c(c2)OCO3)ccc1C#N)c1ccccc1C. The Morgan fingerprint density at radius 3 is 2.52 bits per heavy atom. The van der Waals surface area contributed by atoms with Gasteiger partial charge in [0.25, 0.3) is 0 Å². The van der Waals surface area contributed by atoms with E-state index in [4.69, 9.17) is 14.2 Å². The van der Waals surface area contributed by atoms with Crippen molar-refractivity contribution < 1.29 is 19.3 Å². The Morgan fingerprint density at radius 1 is 1.06 bits per heavy atom. The third kappa shape index (κ3) is 4.49. The number of hydrogen-bond acceptors (Lipinski definition) is 5. The largest absolute Gasteiger partial charge is 0.509 e. The van der Waals surface area contributed by atoms with Gasteiger partial charge in [-0.2, -0.15) is 5.26 Å². The predicted molar refractivity (Wildman–Crippen MR) is 117 cm³/mol. The number of aliphatic hydroxyl groups excluding tert-OH is 1. The molecule has 0 amide bonds.